The molecule has 0 amide bonds. The molecule has 0 fully saturated rings. The van der Waals surface area contributed by atoms with Gasteiger partial charge >= 0.3 is 6.00 Å². The maximum Gasteiger partial charge on any atom is 0.370 e. The molecule has 0 aromatic rings. The summed E-state index contributed by atoms with van der Waals surface area (Å²) >= 11 is 22.0. The van der Waals surface area contributed by atoms with Gasteiger partial charge in [0.05, 0.1) is 6.61 Å². The minimum absolute atomic E-state index is 0.161. The molecule has 6 heteroatoms. The Morgan fingerprint density at radius 3 is 2.30 bits per heavy atom. The van der Waals surface area contributed by atoms with Crippen molar-refractivity contribution in [2.24, 2.45) is 0 Å². The van der Waals surface area contributed by atoms with Crippen LogP contribution < -0.4 is 0 Å². The van der Waals surface area contributed by atoms with E-state index in [4.69, 9.17) is 49.6 Å². The van der Waals surface area contributed by atoms with E-state index in [1.165, 1.54) is 5.70 Å². The fourth-order valence-electron chi connectivity index (χ4n) is 0.308. The van der Waals surface area contributed by atoms with Crippen molar-refractivity contribution in [2.75, 3.05) is 6.61 Å². The first-order chi connectivity index (χ1) is 4.45. The molecule has 0 saturated carbocycles. The number of hydrogen-bond donors (Lipinski definition) is 0. The second-order valence-corrected chi connectivity index (χ2v) is 10.3. The maximum atomic E-state index is 5.49. The van der Waals surface area contributed by atoms with Gasteiger partial charge in [0.1, 0.15) is 0 Å². The highest BCUT2D eigenvalue weighted by atomic mass is 35.8. The van der Waals surface area contributed by atoms with E-state index in [1.807, 2.05) is 0 Å². The summed E-state index contributed by atoms with van der Waals surface area (Å²) in [7, 11) is 0. The van der Waals surface area contributed by atoms with Gasteiger partial charge in [0.2, 0.25) is 0 Å². The molecular weight excluding hydrogens is 234 g/mol. The van der Waals surface area contributed by atoms with Gasteiger partial charge in [-0.2, -0.15) is 0 Å². The molecule has 0 radical (unpaired) electrons. The van der Waals surface area contributed by atoms with E-state index in [0.717, 1.165) is 0 Å². The molecule has 0 unspecified atom stereocenters. The topological polar surface area (TPSA) is 9.23 Å². The summed E-state index contributed by atoms with van der Waals surface area (Å²) in [5.74, 6) is 0. The number of hydrogen-bond acceptors (Lipinski definition) is 1. The highest BCUT2D eigenvalue weighted by Gasteiger charge is 2.22. The summed E-state index contributed by atoms with van der Waals surface area (Å²) in [6.45, 7) is 2.28. The molecule has 0 aliphatic carbocycles. The molecule has 0 heterocycles. The Morgan fingerprint density at radius 1 is 1.50 bits per heavy atom. The van der Waals surface area contributed by atoms with Crippen LogP contribution in [0.3, 0.4) is 0 Å². The van der Waals surface area contributed by atoms with Crippen molar-refractivity contribution in [3.05, 3.63) is 10.9 Å². The predicted octanol–water partition coefficient (Wildman–Crippen LogP) is 3.30. The zero-order valence-corrected chi connectivity index (χ0v) is 9.23. The summed E-state index contributed by atoms with van der Waals surface area (Å²) in [6.07, 6.45) is 0. The molecule has 0 spiro atoms. The first-order valence-electron chi connectivity index (χ1n) is 2.53. The minimum atomic E-state index is -2.76. The van der Waals surface area contributed by atoms with Gasteiger partial charge in [-0.3, -0.25) is 0 Å². The van der Waals surface area contributed by atoms with E-state index in [2.05, 4.69) is 0 Å². The molecule has 0 bridgehead atoms. The first-order valence-corrected chi connectivity index (χ1v) is 8.02. The minimum Gasteiger partial charge on any atom is -0.484 e. The van der Waals surface area contributed by atoms with E-state index in [9.17, 15) is 0 Å². The van der Waals surface area contributed by atoms with Crippen LogP contribution in [-0.4, -0.2) is 12.6 Å². The molecule has 0 atom stereocenters. The molecule has 1 nitrogen and oxygen atoms in total. The van der Waals surface area contributed by atoms with Crippen molar-refractivity contribution in [3.63, 3.8) is 0 Å². The molecule has 0 rings (SSSR count). The summed E-state index contributed by atoms with van der Waals surface area (Å²) < 4.78 is 4.83. The van der Waals surface area contributed by atoms with Crippen LogP contribution >= 0.6 is 44.8 Å². The average molecular weight is 240 g/mol. The van der Waals surface area contributed by atoms with Gasteiger partial charge in [0, 0.05) is 5.70 Å². The molecule has 0 aliphatic heterocycles. The number of ether oxygens (including phenoxy) is 1. The smallest absolute Gasteiger partial charge is 0.370 e. The van der Waals surface area contributed by atoms with Crippen molar-refractivity contribution in [2.45, 2.75) is 6.92 Å². The number of rotatable bonds is 3. The summed E-state index contributed by atoms with van der Waals surface area (Å²) in [5.41, 5.74) is 1.34. The van der Waals surface area contributed by atoms with Gasteiger partial charge in [0.15, 0.2) is 5.22 Å². The largest absolute Gasteiger partial charge is 0.484 e. The maximum absolute atomic E-state index is 5.49. The fourth-order valence-corrected chi connectivity index (χ4v) is 2.64. The van der Waals surface area contributed by atoms with Crippen molar-refractivity contribution in [3.8, 4) is 0 Å². The van der Waals surface area contributed by atoms with E-state index in [1.54, 1.807) is 6.92 Å². The highest BCUT2D eigenvalue weighted by molar-refractivity contribution is 7.66. The lowest BCUT2D eigenvalue weighted by atomic mass is 10.9. The van der Waals surface area contributed by atoms with Crippen molar-refractivity contribution < 1.29 is 4.74 Å². The quantitative estimate of drug-likeness (QED) is 0.417. The molecule has 0 aliphatic rings. The third-order valence-electron chi connectivity index (χ3n) is 0.559. The molecule has 10 heavy (non-hydrogen) atoms. The van der Waals surface area contributed by atoms with Gasteiger partial charge in [-0.05, 0) is 18.5 Å². The van der Waals surface area contributed by atoms with Crippen LogP contribution in [0.15, 0.2) is 10.9 Å². The molecule has 0 aromatic carbocycles. The molecule has 0 aromatic heterocycles. The van der Waals surface area contributed by atoms with Crippen LogP contribution in [0, 0.1) is 0 Å². The number of halogens is 4. The van der Waals surface area contributed by atoms with Crippen LogP contribution in [0.25, 0.3) is 0 Å². The Bertz CT molecular complexity index is 130. The van der Waals surface area contributed by atoms with Gasteiger partial charge < -0.3 is 4.74 Å². The lowest BCUT2D eigenvalue weighted by molar-refractivity contribution is 0.256. The SMILES string of the molecule is CCOC(Cl)=C[Si](Cl)(Cl)Cl. The van der Waals surface area contributed by atoms with Crippen LogP contribution in [0.1, 0.15) is 6.92 Å². The zero-order chi connectivity index (χ0) is 8.20. The van der Waals surface area contributed by atoms with Gasteiger partial charge in [-0.1, -0.05) is 0 Å². The normalized spacial score (nSPS) is 13.5. The van der Waals surface area contributed by atoms with Gasteiger partial charge in [-0.25, -0.2) is 0 Å². The van der Waals surface area contributed by atoms with Crippen molar-refractivity contribution >= 4 is 50.8 Å². The third kappa shape index (κ3) is 7.03. The van der Waals surface area contributed by atoms with Crippen LogP contribution in [0.4, 0.5) is 0 Å². The van der Waals surface area contributed by atoms with E-state index in [-0.39, 0.29) is 5.22 Å². The third-order valence-corrected chi connectivity index (χ3v) is 2.53. The van der Waals surface area contributed by atoms with Crippen molar-refractivity contribution in [1.29, 1.82) is 0 Å². The lowest BCUT2D eigenvalue weighted by Crippen LogP contribution is -2.05. The molecule has 0 saturated heterocycles. The van der Waals surface area contributed by atoms with E-state index < -0.39 is 6.00 Å². The predicted molar refractivity (Wildman–Crippen MR) is 48.9 cm³/mol. The zero-order valence-electron chi connectivity index (χ0n) is 5.20. The van der Waals surface area contributed by atoms with E-state index >= 15 is 0 Å². The second kappa shape index (κ2) is 4.73. The molecule has 0 N–H and O–H groups in total. The van der Waals surface area contributed by atoms with Crippen LogP contribution in [0.2, 0.25) is 0 Å². The molecular formula is C4H6Cl4OSi. The molecule has 60 valence electrons. The average Bonchev–Trinajstić information content (AvgIpc) is 1.59. The highest BCUT2D eigenvalue weighted by Crippen LogP contribution is 2.24. The first kappa shape index (κ1) is 10.9. The van der Waals surface area contributed by atoms with Crippen LogP contribution in [0.5, 0.6) is 0 Å². The Labute approximate surface area is 80.0 Å². The Balaban J connectivity index is 3.90. The van der Waals surface area contributed by atoms with Gasteiger partial charge in [0.25, 0.3) is 0 Å². The Kier molecular flexibility index (Phi) is 5.16. The van der Waals surface area contributed by atoms with Crippen molar-refractivity contribution in [1.82, 2.24) is 0 Å². The Morgan fingerprint density at radius 2 is 2.00 bits per heavy atom. The summed E-state index contributed by atoms with van der Waals surface area (Å²) in [5, 5.41) is 0.161. The Hall–Kier alpha value is 0.917. The van der Waals surface area contributed by atoms with E-state index in [0.29, 0.717) is 6.61 Å². The summed E-state index contributed by atoms with van der Waals surface area (Å²) in [4.78, 5) is 0. The van der Waals surface area contributed by atoms with Gasteiger partial charge in [-0.15, -0.1) is 33.2 Å². The van der Waals surface area contributed by atoms with Crippen LogP contribution in [-0.2, 0) is 4.74 Å². The second-order valence-electron chi connectivity index (χ2n) is 1.42. The monoisotopic (exact) mass is 238 g/mol. The standard InChI is InChI=1S/C4H6Cl4OSi/c1-2-9-4(5)3-10(6,7)8/h3H,2H2,1H3. The fraction of sp³-hybridized carbons (Fsp3) is 0.500. The lowest BCUT2D eigenvalue weighted by Gasteiger charge is -2.02. The summed E-state index contributed by atoms with van der Waals surface area (Å²) in [6, 6.07) is -2.76.